The van der Waals surface area contributed by atoms with Crippen LogP contribution in [-0.4, -0.2) is 55.7 Å². The number of nitrogens with two attached hydrogens (primary N) is 1. The summed E-state index contributed by atoms with van der Waals surface area (Å²) >= 11 is 0. The molecular formula is C17H27N3O. The average molecular weight is 289 g/mol. The predicted octanol–water partition coefficient (Wildman–Crippen LogP) is 1.61. The summed E-state index contributed by atoms with van der Waals surface area (Å²) in [4.78, 5) is 5.19. The van der Waals surface area contributed by atoms with Gasteiger partial charge in [0.05, 0.1) is 6.61 Å². The van der Waals surface area contributed by atoms with Crippen LogP contribution in [0.1, 0.15) is 30.0 Å². The Balaban J connectivity index is 1.61. The van der Waals surface area contributed by atoms with Gasteiger partial charge in [0.15, 0.2) is 0 Å². The summed E-state index contributed by atoms with van der Waals surface area (Å²) in [7, 11) is 1.73. The Hall–Kier alpha value is -0.940. The van der Waals surface area contributed by atoms with Crippen molar-refractivity contribution in [3.8, 4) is 0 Å². The first-order chi connectivity index (χ1) is 10.3. The molecule has 1 saturated carbocycles. The van der Waals surface area contributed by atoms with Gasteiger partial charge in [0.2, 0.25) is 0 Å². The second-order valence-electron chi connectivity index (χ2n) is 6.23. The van der Waals surface area contributed by atoms with E-state index < -0.39 is 0 Å². The van der Waals surface area contributed by atoms with Gasteiger partial charge in [-0.05, 0) is 24.0 Å². The van der Waals surface area contributed by atoms with Crippen LogP contribution in [0.5, 0.6) is 0 Å². The largest absolute Gasteiger partial charge is 0.380 e. The fraction of sp³-hybridized carbons (Fsp3) is 0.647. The second-order valence-corrected chi connectivity index (χ2v) is 6.23. The lowest BCUT2D eigenvalue weighted by Crippen LogP contribution is -2.49. The molecule has 0 aromatic heterocycles. The monoisotopic (exact) mass is 289 g/mol. The van der Waals surface area contributed by atoms with E-state index in [1.807, 2.05) is 0 Å². The third-order valence-electron chi connectivity index (χ3n) is 4.75. The van der Waals surface area contributed by atoms with Crippen LogP contribution in [0, 0.1) is 0 Å². The van der Waals surface area contributed by atoms with E-state index in [4.69, 9.17) is 10.5 Å². The Morgan fingerprint density at radius 1 is 1.14 bits per heavy atom. The maximum atomic E-state index is 6.06. The Labute approximate surface area is 127 Å². The Kier molecular flexibility index (Phi) is 4.91. The highest BCUT2D eigenvalue weighted by atomic mass is 16.5. The van der Waals surface area contributed by atoms with Crippen molar-refractivity contribution in [3.05, 3.63) is 35.4 Å². The van der Waals surface area contributed by atoms with E-state index in [2.05, 4.69) is 34.1 Å². The molecule has 0 radical (unpaired) electrons. The molecule has 1 heterocycles. The lowest BCUT2D eigenvalue weighted by molar-refractivity contribution is 0.0938. The second kappa shape index (κ2) is 6.88. The summed E-state index contributed by atoms with van der Waals surface area (Å²) in [5, 5.41) is 0. The van der Waals surface area contributed by atoms with Crippen molar-refractivity contribution in [2.75, 3.05) is 39.8 Å². The Bertz CT molecular complexity index is 436. The van der Waals surface area contributed by atoms with Gasteiger partial charge in [0, 0.05) is 51.9 Å². The molecule has 1 aromatic rings. The molecule has 0 spiro atoms. The predicted molar refractivity (Wildman–Crippen MR) is 85.1 cm³/mol. The van der Waals surface area contributed by atoms with Crippen molar-refractivity contribution in [1.82, 2.24) is 9.80 Å². The topological polar surface area (TPSA) is 41.7 Å². The number of hydrogen-bond donors (Lipinski definition) is 1. The highest BCUT2D eigenvalue weighted by Crippen LogP contribution is 2.29. The van der Waals surface area contributed by atoms with Crippen LogP contribution >= 0.6 is 0 Å². The van der Waals surface area contributed by atoms with Gasteiger partial charge >= 0.3 is 0 Å². The molecule has 0 amide bonds. The number of piperazine rings is 1. The molecule has 4 heteroatoms. The molecule has 2 aliphatic rings. The van der Waals surface area contributed by atoms with E-state index in [9.17, 15) is 0 Å². The Morgan fingerprint density at radius 2 is 1.81 bits per heavy atom. The van der Waals surface area contributed by atoms with Crippen molar-refractivity contribution >= 4 is 0 Å². The summed E-state index contributed by atoms with van der Waals surface area (Å²) < 4.78 is 5.17. The van der Waals surface area contributed by atoms with Crippen LogP contribution in [0.15, 0.2) is 24.3 Å². The zero-order chi connectivity index (χ0) is 14.7. The number of ether oxygens (including phenoxy) is 1. The number of hydrogen-bond acceptors (Lipinski definition) is 4. The quantitative estimate of drug-likeness (QED) is 0.864. The molecule has 1 saturated heterocycles. The fourth-order valence-corrected chi connectivity index (χ4v) is 3.35. The van der Waals surface area contributed by atoms with E-state index >= 15 is 0 Å². The van der Waals surface area contributed by atoms with Gasteiger partial charge in [-0.3, -0.25) is 9.80 Å². The van der Waals surface area contributed by atoms with Crippen molar-refractivity contribution < 1.29 is 4.74 Å². The van der Waals surface area contributed by atoms with Crippen LogP contribution in [0.2, 0.25) is 0 Å². The SMILES string of the molecule is COCc1ccc(C(CN)N2CCN(C3CC3)CC2)cc1. The molecule has 1 unspecified atom stereocenters. The molecular weight excluding hydrogens is 262 g/mol. The molecule has 2 fully saturated rings. The first-order valence-electron chi connectivity index (χ1n) is 8.07. The number of benzene rings is 1. The summed E-state index contributed by atoms with van der Waals surface area (Å²) in [6, 6.07) is 9.96. The standard InChI is InChI=1S/C17H27N3O/c1-21-13-14-2-4-15(5-3-14)17(12-18)20-10-8-19(9-11-20)16-6-7-16/h2-5,16-17H,6-13,18H2,1H3. The highest BCUT2D eigenvalue weighted by Gasteiger charge is 2.32. The van der Waals surface area contributed by atoms with E-state index in [0.29, 0.717) is 19.2 Å². The molecule has 1 aromatic carbocycles. The molecule has 1 atom stereocenters. The Morgan fingerprint density at radius 3 is 2.33 bits per heavy atom. The van der Waals surface area contributed by atoms with Crippen molar-refractivity contribution in [3.63, 3.8) is 0 Å². The van der Waals surface area contributed by atoms with Gasteiger partial charge in [-0.15, -0.1) is 0 Å². The third-order valence-corrected chi connectivity index (χ3v) is 4.75. The smallest absolute Gasteiger partial charge is 0.0713 e. The van der Waals surface area contributed by atoms with E-state index in [-0.39, 0.29) is 0 Å². The summed E-state index contributed by atoms with van der Waals surface area (Å²) in [5.41, 5.74) is 8.61. The van der Waals surface area contributed by atoms with Gasteiger partial charge in [-0.25, -0.2) is 0 Å². The van der Waals surface area contributed by atoms with E-state index in [1.54, 1.807) is 7.11 Å². The molecule has 116 valence electrons. The minimum atomic E-state index is 0.350. The minimum absolute atomic E-state index is 0.350. The van der Waals surface area contributed by atoms with Crippen LogP contribution in [-0.2, 0) is 11.3 Å². The van der Waals surface area contributed by atoms with Crippen LogP contribution in [0.25, 0.3) is 0 Å². The summed E-state index contributed by atoms with van der Waals surface area (Å²) in [6.07, 6.45) is 2.81. The summed E-state index contributed by atoms with van der Waals surface area (Å²) in [5.74, 6) is 0. The van der Waals surface area contributed by atoms with Gasteiger partial charge in [0.1, 0.15) is 0 Å². The zero-order valence-corrected chi connectivity index (χ0v) is 13.0. The van der Waals surface area contributed by atoms with Gasteiger partial charge in [-0.1, -0.05) is 24.3 Å². The molecule has 0 bridgehead atoms. The first-order valence-corrected chi connectivity index (χ1v) is 8.07. The third kappa shape index (κ3) is 3.64. The van der Waals surface area contributed by atoms with E-state index in [1.165, 1.54) is 37.1 Å². The van der Waals surface area contributed by atoms with Gasteiger partial charge in [0.25, 0.3) is 0 Å². The van der Waals surface area contributed by atoms with Crippen LogP contribution < -0.4 is 5.73 Å². The molecule has 3 rings (SSSR count). The van der Waals surface area contributed by atoms with Gasteiger partial charge in [-0.2, -0.15) is 0 Å². The number of nitrogens with zero attached hydrogens (tertiary/aromatic N) is 2. The lowest BCUT2D eigenvalue weighted by atomic mass is 10.0. The van der Waals surface area contributed by atoms with Crippen LogP contribution in [0.4, 0.5) is 0 Å². The fourth-order valence-electron chi connectivity index (χ4n) is 3.35. The molecule has 1 aliphatic carbocycles. The van der Waals surface area contributed by atoms with Crippen LogP contribution in [0.3, 0.4) is 0 Å². The number of rotatable bonds is 6. The lowest BCUT2D eigenvalue weighted by Gasteiger charge is -2.39. The molecule has 2 N–H and O–H groups in total. The summed E-state index contributed by atoms with van der Waals surface area (Å²) in [6.45, 7) is 6.03. The highest BCUT2D eigenvalue weighted by molar-refractivity contribution is 5.25. The normalized spacial score (nSPS) is 22.4. The van der Waals surface area contributed by atoms with Gasteiger partial charge < -0.3 is 10.5 Å². The zero-order valence-electron chi connectivity index (χ0n) is 13.0. The minimum Gasteiger partial charge on any atom is -0.380 e. The maximum absolute atomic E-state index is 6.06. The molecule has 21 heavy (non-hydrogen) atoms. The molecule has 4 nitrogen and oxygen atoms in total. The van der Waals surface area contributed by atoms with Crippen molar-refractivity contribution in [2.24, 2.45) is 5.73 Å². The van der Waals surface area contributed by atoms with Crippen molar-refractivity contribution in [2.45, 2.75) is 31.5 Å². The van der Waals surface area contributed by atoms with E-state index in [0.717, 1.165) is 19.1 Å². The molecule has 1 aliphatic heterocycles. The first kappa shape index (κ1) is 15.0. The van der Waals surface area contributed by atoms with Crippen molar-refractivity contribution in [1.29, 1.82) is 0 Å². The maximum Gasteiger partial charge on any atom is 0.0713 e. The average Bonchev–Trinajstić information content (AvgIpc) is 3.36. The number of methoxy groups -OCH3 is 1.